The fraction of sp³-hybridized carbons (Fsp3) is 0.100. The molecule has 0 bridgehead atoms. The average Bonchev–Trinajstić information content (AvgIpc) is 2.74. The lowest BCUT2D eigenvalue weighted by molar-refractivity contribution is -0.137. The topological polar surface area (TPSA) is 97.4 Å². The molecule has 162 valence electrons. The van der Waals surface area contributed by atoms with Gasteiger partial charge in [-0.15, -0.1) is 0 Å². The number of rotatable bonds is 6. The third kappa shape index (κ3) is 5.51. The van der Waals surface area contributed by atoms with Crippen molar-refractivity contribution in [3.05, 3.63) is 78.1 Å². The summed E-state index contributed by atoms with van der Waals surface area (Å²) in [5.74, 6) is 0.298. The number of anilines is 1. The number of carbonyl (C=O) groups excluding carboxylic acids is 1. The van der Waals surface area contributed by atoms with E-state index in [0.717, 1.165) is 18.2 Å². The van der Waals surface area contributed by atoms with Crippen molar-refractivity contribution in [1.82, 2.24) is 10.3 Å². The van der Waals surface area contributed by atoms with Gasteiger partial charge in [0, 0.05) is 25.0 Å². The van der Waals surface area contributed by atoms with E-state index in [1.165, 1.54) is 49.6 Å². The number of hydrogen-bond donors (Lipinski definition) is 2. The van der Waals surface area contributed by atoms with Gasteiger partial charge >= 0.3 is 6.18 Å². The van der Waals surface area contributed by atoms with Crippen molar-refractivity contribution < 1.29 is 31.1 Å². The van der Waals surface area contributed by atoms with Crippen LogP contribution >= 0.6 is 0 Å². The van der Waals surface area contributed by atoms with Gasteiger partial charge in [0.2, 0.25) is 0 Å². The molecule has 3 rings (SSSR count). The van der Waals surface area contributed by atoms with Gasteiger partial charge in [0.15, 0.2) is 0 Å². The summed E-state index contributed by atoms with van der Waals surface area (Å²) >= 11 is 0. The van der Waals surface area contributed by atoms with Crippen molar-refractivity contribution in [3.63, 3.8) is 0 Å². The number of hydrogen-bond acceptors (Lipinski definition) is 5. The van der Waals surface area contributed by atoms with Gasteiger partial charge in [0.25, 0.3) is 15.9 Å². The lowest BCUT2D eigenvalue weighted by Gasteiger charge is -2.12. The zero-order valence-electron chi connectivity index (χ0n) is 16.0. The number of nitrogens with zero attached hydrogens (tertiary/aromatic N) is 1. The summed E-state index contributed by atoms with van der Waals surface area (Å²) in [5, 5.41) is 2.44. The highest BCUT2D eigenvalue weighted by atomic mass is 32.2. The van der Waals surface area contributed by atoms with E-state index in [1.54, 1.807) is 0 Å². The summed E-state index contributed by atoms with van der Waals surface area (Å²) in [6.45, 7) is 0. The highest BCUT2D eigenvalue weighted by Crippen LogP contribution is 2.31. The third-order valence-electron chi connectivity index (χ3n) is 4.01. The van der Waals surface area contributed by atoms with Crippen molar-refractivity contribution in [1.29, 1.82) is 0 Å². The molecule has 2 aromatic carbocycles. The van der Waals surface area contributed by atoms with Crippen LogP contribution in [0.25, 0.3) is 0 Å². The van der Waals surface area contributed by atoms with Crippen molar-refractivity contribution in [2.75, 3.05) is 11.8 Å². The van der Waals surface area contributed by atoms with Crippen LogP contribution < -0.4 is 14.8 Å². The molecular weight excluding hydrogens is 435 g/mol. The first-order chi connectivity index (χ1) is 14.6. The SMILES string of the molecule is CNC(=O)c1cc(Oc2ccc(NS(=O)(=O)c3cccc(C(F)(F)F)c3)cc2)ccn1. The number of sulfonamides is 1. The third-order valence-corrected chi connectivity index (χ3v) is 5.38. The molecule has 1 aromatic heterocycles. The van der Waals surface area contributed by atoms with Crippen LogP contribution in [0.1, 0.15) is 16.1 Å². The average molecular weight is 451 g/mol. The van der Waals surface area contributed by atoms with Gasteiger partial charge in [0.05, 0.1) is 10.5 Å². The largest absolute Gasteiger partial charge is 0.457 e. The predicted molar refractivity (Wildman–Crippen MR) is 106 cm³/mol. The standard InChI is InChI=1S/C20H16F3N3O4S/c1-24-19(27)18-12-16(9-10-25-18)30-15-7-5-14(6-8-15)26-31(28,29)17-4-2-3-13(11-17)20(21,22)23/h2-12,26H,1H3,(H,24,27). The molecule has 31 heavy (non-hydrogen) atoms. The molecule has 1 amide bonds. The first kappa shape index (κ1) is 22.1. The second-order valence-corrected chi connectivity index (χ2v) is 7.90. The van der Waals surface area contributed by atoms with Crippen LogP contribution in [0, 0.1) is 0 Å². The molecule has 2 N–H and O–H groups in total. The Hall–Kier alpha value is -3.60. The maximum Gasteiger partial charge on any atom is 0.416 e. The molecule has 1 heterocycles. The Kier molecular flexibility index (Phi) is 6.16. The maximum absolute atomic E-state index is 12.8. The Morgan fingerprint density at radius 3 is 2.35 bits per heavy atom. The van der Waals surface area contributed by atoms with Gasteiger partial charge in [-0.05, 0) is 48.5 Å². The molecule has 3 aromatic rings. The highest BCUT2D eigenvalue weighted by Gasteiger charge is 2.31. The van der Waals surface area contributed by atoms with Crippen LogP contribution in [-0.4, -0.2) is 26.4 Å². The molecule has 7 nitrogen and oxygen atoms in total. The van der Waals surface area contributed by atoms with Crippen LogP contribution in [0.2, 0.25) is 0 Å². The second kappa shape index (κ2) is 8.64. The van der Waals surface area contributed by atoms with Gasteiger partial charge in [-0.3, -0.25) is 14.5 Å². The first-order valence-electron chi connectivity index (χ1n) is 8.74. The highest BCUT2D eigenvalue weighted by molar-refractivity contribution is 7.92. The summed E-state index contributed by atoms with van der Waals surface area (Å²) < 4.78 is 71.2. The number of carbonyl (C=O) groups is 1. The Bertz CT molecular complexity index is 1200. The van der Waals surface area contributed by atoms with Gasteiger partial charge in [-0.25, -0.2) is 8.42 Å². The molecule has 11 heteroatoms. The van der Waals surface area contributed by atoms with E-state index in [9.17, 15) is 26.4 Å². The van der Waals surface area contributed by atoms with E-state index in [2.05, 4.69) is 15.0 Å². The number of benzene rings is 2. The lowest BCUT2D eigenvalue weighted by atomic mass is 10.2. The number of nitrogens with one attached hydrogen (secondary N) is 2. The minimum absolute atomic E-state index is 0.130. The molecule has 0 saturated heterocycles. The Balaban J connectivity index is 1.74. The smallest absolute Gasteiger partial charge is 0.416 e. The molecule has 0 unspecified atom stereocenters. The molecule has 0 aliphatic carbocycles. The van der Waals surface area contributed by atoms with Crippen LogP contribution in [0.4, 0.5) is 18.9 Å². The van der Waals surface area contributed by atoms with Crippen LogP contribution in [0.15, 0.2) is 71.8 Å². The Morgan fingerprint density at radius 1 is 1.00 bits per heavy atom. The van der Waals surface area contributed by atoms with E-state index in [-0.39, 0.29) is 17.3 Å². The zero-order valence-corrected chi connectivity index (χ0v) is 16.8. The molecule has 0 aliphatic heterocycles. The zero-order chi connectivity index (χ0) is 22.6. The lowest BCUT2D eigenvalue weighted by Crippen LogP contribution is -2.18. The van der Waals surface area contributed by atoms with E-state index in [0.29, 0.717) is 17.6 Å². The number of halogens is 3. The predicted octanol–water partition coefficient (Wildman–Crippen LogP) is 4.05. The minimum atomic E-state index is -4.66. The Labute approximate surface area is 175 Å². The van der Waals surface area contributed by atoms with Gasteiger partial charge in [-0.2, -0.15) is 13.2 Å². The maximum atomic E-state index is 12.8. The first-order valence-corrected chi connectivity index (χ1v) is 10.2. The minimum Gasteiger partial charge on any atom is -0.457 e. The van der Waals surface area contributed by atoms with Crippen molar-refractivity contribution >= 4 is 21.6 Å². The Morgan fingerprint density at radius 2 is 1.71 bits per heavy atom. The summed E-state index contributed by atoms with van der Waals surface area (Å²) in [4.78, 5) is 15.0. The van der Waals surface area contributed by atoms with Crippen molar-refractivity contribution in [2.45, 2.75) is 11.1 Å². The van der Waals surface area contributed by atoms with Crippen LogP contribution in [-0.2, 0) is 16.2 Å². The van der Waals surface area contributed by atoms with Gasteiger partial charge in [-0.1, -0.05) is 6.07 Å². The van der Waals surface area contributed by atoms with Crippen molar-refractivity contribution in [3.8, 4) is 11.5 Å². The normalized spacial score (nSPS) is 11.6. The molecule has 0 fully saturated rings. The van der Waals surface area contributed by atoms with E-state index in [4.69, 9.17) is 4.74 Å². The summed E-state index contributed by atoms with van der Waals surface area (Å²) in [6.07, 6.45) is -3.26. The van der Waals surface area contributed by atoms with Gasteiger partial charge in [0.1, 0.15) is 17.2 Å². The molecule has 0 spiro atoms. The number of aromatic nitrogens is 1. The number of pyridine rings is 1. The molecule has 0 radical (unpaired) electrons. The molecule has 0 saturated carbocycles. The number of alkyl halides is 3. The molecular formula is C20H16F3N3O4S. The van der Waals surface area contributed by atoms with Crippen LogP contribution in [0.5, 0.6) is 11.5 Å². The summed E-state index contributed by atoms with van der Waals surface area (Å²) in [7, 11) is -2.76. The van der Waals surface area contributed by atoms with E-state index >= 15 is 0 Å². The quantitative estimate of drug-likeness (QED) is 0.589. The number of ether oxygens (including phenoxy) is 1. The van der Waals surface area contributed by atoms with E-state index in [1.807, 2.05) is 0 Å². The fourth-order valence-corrected chi connectivity index (χ4v) is 3.61. The van der Waals surface area contributed by atoms with Gasteiger partial charge < -0.3 is 10.1 Å². The second-order valence-electron chi connectivity index (χ2n) is 6.21. The monoisotopic (exact) mass is 451 g/mol. The fourth-order valence-electron chi connectivity index (χ4n) is 2.51. The summed E-state index contributed by atoms with van der Waals surface area (Å²) in [6, 6.07) is 12.1. The van der Waals surface area contributed by atoms with E-state index < -0.39 is 26.7 Å². The molecule has 0 aliphatic rings. The van der Waals surface area contributed by atoms with Crippen molar-refractivity contribution in [2.24, 2.45) is 0 Å². The summed E-state index contributed by atoms with van der Waals surface area (Å²) in [5.41, 5.74) is -0.774. The molecule has 0 atom stereocenters. The number of amides is 1. The van der Waals surface area contributed by atoms with Crippen LogP contribution in [0.3, 0.4) is 0 Å².